The van der Waals surface area contributed by atoms with Gasteiger partial charge in [0.15, 0.2) is 0 Å². The second-order valence-electron chi connectivity index (χ2n) is 6.75. The summed E-state index contributed by atoms with van der Waals surface area (Å²) in [6.45, 7) is 4.11. The molecule has 1 atom stereocenters. The molecule has 1 aliphatic heterocycles. The van der Waals surface area contributed by atoms with E-state index in [9.17, 15) is 4.79 Å². The number of hydrogen-bond acceptors (Lipinski definition) is 4. The molecule has 5 nitrogen and oxygen atoms in total. The minimum absolute atomic E-state index is 0.0296. The number of rotatable bonds is 9. The Hall–Kier alpha value is -2.08. The molecule has 28 heavy (non-hydrogen) atoms. The molecular weight excluding hydrogens is 376 g/mol. The molecule has 0 bridgehead atoms. The number of nitrogens with one attached hydrogen (secondary N) is 1. The average molecular weight is 403 g/mol. The fourth-order valence-corrected chi connectivity index (χ4v) is 3.57. The summed E-state index contributed by atoms with van der Waals surface area (Å²) in [5.41, 5.74) is 1.04. The minimum atomic E-state index is 0.0296. The van der Waals surface area contributed by atoms with Crippen LogP contribution >= 0.6 is 11.6 Å². The third kappa shape index (κ3) is 6.23. The molecule has 1 amide bonds. The molecule has 3 rings (SSSR count). The Labute approximate surface area is 171 Å². The van der Waals surface area contributed by atoms with E-state index >= 15 is 0 Å². The highest BCUT2D eigenvalue weighted by molar-refractivity contribution is 6.31. The summed E-state index contributed by atoms with van der Waals surface area (Å²) >= 11 is 6.43. The number of nitrogens with zero attached hydrogens (tertiary/aromatic N) is 1. The zero-order valence-electron chi connectivity index (χ0n) is 16.0. The molecule has 1 unspecified atom stereocenters. The normalized spacial score (nSPS) is 15.8. The van der Waals surface area contributed by atoms with Crippen LogP contribution in [0.25, 0.3) is 0 Å². The molecule has 0 aliphatic carbocycles. The Balaban J connectivity index is 1.48. The quantitative estimate of drug-likeness (QED) is 0.650. The molecule has 0 saturated carbocycles. The van der Waals surface area contributed by atoms with Crippen molar-refractivity contribution in [2.45, 2.75) is 18.9 Å². The van der Waals surface area contributed by atoms with E-state index in [1.807, 2.05) is 54.6 Å². The first kappa shape index (κ1) is 20.6. The zero-order valence-corrected chi connectivity index (χ0v) is 16.7. The van der Waals surface area contributed by atoms with Gasteiger partial charge >= 0.3 is 0 Å². The molecule has 0 radical (unpaired) electrons. The number of carbonyl (C=O) groups excluding carboxylic acids is 1. The number of benzene rings is 2. The van der Waals surface area contributed by atoms with Gasteiger partial charge in [-0.05, 0) is 30.2 Å². The Bertz CT molecular complexity index is 736. The summed E-state index contributed by atoms with van der Waals surface area (Å²) in [5.74, 6) is 0.857. The maximum atomic E-state index is 12.3. The van der Waals surface area contributed by atoms with Crippen molar-refractivity contribution < 1.29 is 14.3 Å². The van der Waals surface area contributed by atoms with Crippen LogP contribution in [0.15, 0.2) is 54.6 Å². The van der Waals surface area contributed by atoms with Gasteiger partial charge in [-0.1, -0.05) is 48.0 Å². The number of morpholine rings is 1. The largest absolute Gasteiger partial charge is 0.494 e. The van der Waals surface area contributed by atoms with Gasteiger partial charge in [-0.25, -0.2) is 0 Å². The zero-order chi connectivity index (χ0) is 19.6. The highest BCUT2D eigenvalue weighted by Gasteiger charge is 2.24. The Kier molecular flexibility index (Phi) is 8.15. The van der Waals surface area contributed by atoms with Gasteiger partial charge in [-0.3, -0.25) is 9.69 Å². The second-order valence-corrected chi connectivity index (χ2v) is 7.16. The van der Waals surface area contributed by atoms with Crippen LogP contribution in [0.3, 0.4) is 0 Å². The molecule has 6 heteroatoms. The van der Waals surface area contributed by atoms with Gasteiger partial charge < -0.3 is 14.8 Å². The van der Waals surface area contributed by atoms with Crippen molar-refractivity contribution >= 4 is 17.5 Å². The monoisotopic (exact) mass is 402 g/mol. The number of carbonyl (C=O) groups is 1. The van der Waals surface area contributed by atoms with E-state index < -0.39 is 0 Å². The van der Waals surface area contributed by atoms with Gasteiger partial charge in [0.25, 0.3) is 0 Å². The lowest BCUT2D eigenvalue weighted by Gasteiger charge is -2.35. The van der Waals surface area contributed by atoms with Crippen molar-refractivity contribution in [1.29, 1.82) is 0 Å². The van der Waals surface area contributed by atoms with Crippen LogP contribution in [-0.2, 0) is 9.53 Å². The minimum Gasteiger partial charge on any atom is -0.494 e. The van der Waals surface area contributed by atoms with Crippen LogP contribution in [0.2, 0.25) is 5.02 Å². The first-order valence-corrected chi connectivity index (χ1v) is 10.1. The van der Waals surface area contributed by atoms with Gasteiger partial charge in [-0.15, -0.1) is 0 Å². The predicted octanol–water partition coefficient (Wildman–Crippen LogP) is 3.69. The molecule has 1 N–H and O–H groups in total. The van der Waals surface area contributed by atoms with E-state index in [0.717, 1.165) is 29.4 Å². The fourth-order valence-electron chi connectivity index (χ4n) is 3.31. The Morgan fingerprint density at radius 3 is 2.57 bits per heavy atom. The lowest BCUT2D eigenvalue weighted by molar-refractivity contribution is -0.121. The topological polar surface area (TPSA) is 50.8 Å². The summed E-state index contributed by atoms with van der Waals surface area (Å²) in [5, 5.41) is 3.80. The van der Waals surface area contributed by atoms with E-state index in [4.69, 9.17) is 21.1 Å². The van der Waals surface area contributed by atoms with Crippen molar-refractivity contribution in [2.24, 2.45) is 0 Å². The SMILES string of the molecule is O=C(CCCOc1ccccc1)NCC(c1ccccc1Cl)N1CCOCC1. The van der Waals surface area contributed by atoms with E-state index in [0.29, 0.717) is 39.2 Å². The van der Waals surface area contributed by atoms with Crippen LogP contribution in [0.5, 0.6) is 5.75 Å². The summed E-state index contributed by atoms with van der Waals surface area (Å²) in [6.07, 6.45) is 1.11. The highest BCUT2D eigenvalue weighted by atomic mass is 35.5. The molecule has 0 aromatic heterocycles. The van der Waals surface area contributed by atoms with E-state index in [2.05, 4.69) is 10.2 Å². The van der Waals surface area contributed by atoms with Gasteiger partial charge in [0, 0.05) is 31.1 Å². The number of halogens is 1. The molecule has 2 aromatic rings. The molecule has 1 fully saturated rings. The lowest BCUT2D eigenvalue weighted by atomic mass is 10.0. The van der Waals surface area contributed by atoms with Crippen molar-refractivity contribution in [2.75, 3.05) is 39.5 Å². The van der Waals surface area contributed by atoms with Crippen molar-refractivity contribution in [3.05, 3.63) is 65.2 Å². The summed E-state index contributed by atoms with van der Waals surface area (Å²) in [7, 11) is 0. The third-order valence-electron chi connectivity index (χ3n) is 4.80. The Morgan fingerprint density at radius 1 is 1.11 bits per heavy atom. The molecule has 1 heterocycles. The van der Waals surface area contributed by atoms with Gasteiger partial charge in [-0.2, -0.15) is 0 Å². The molecular formula is C22H27ClN2O3. The summed E-state index contributed by atoms with van der Waals surface area (Å²) in [6, 6.07) is 17.5. The van der Waals surface area contributed by atoms with Gasteiger partial charge in [0.05, 0.1) is 25.9 Å². The van der Waals surface area contributed by atoms with Crippen molar-refractivity contribution in [1.82, 2.24) is 10.2 Å². The van der Waals surface area contributed by atoms with Crippen molar-refractivity contribution in [3.63, 3.8) is 0 Å². The smallest absolute Gasteiger partial charge is 0.220 e. The maximum Gasteiger partial charge on any atom is 0.220 e. The number of amides is 1. The van der Waals surface area contributed by atoms with Crippen LogP contribution < -0.4 is 10.1 Å². The highest BCUT2D eigenvalue weighted by Crippen LogP contribution is 2.27. The molecule has 1 aliphatic rings. The fraction of sp³-hybridized carbons (Fsp3) is 0.409. The van der Waals surface area contributed by atoms with Crippen LogP contribution in [0.4, 0.5) is 0 Å². The molecule has 2 aromatic carbocycles. The molecule has 150 valence electrons. The van der Waals surface area contributed by atoms with Crippen LogP contribution in [0, 0.1) is 0 Å². The van der Waals surface area contributed by atoms with Crippen molar-refractivity contribution in [3.8, 4) is 5.75 Å². The Morgan fingerprint density at radius 2 is 1.82 bits per heavy atom. The third-order valence-corrected chi connectivity index (χ3v) is 5.15. The number of para-hydroxylation sites is 1. The van der Waals surface area contributed by atoms with E-state index in [-0.39, 0.29) is 11.9 Å². The standard InChI is InChI=1S/C22H27ClN2O3/c23-20-10-5-4-9-19(20)21(25-12-15-27-16-13-25)17-24-22(26)11-6-14-28-18-7-2-1-3-8-18/h1-5,7-10,21H,6,11-17H2,(H,24,26). The van der Waals surface area contributed by atoms with Gasteiger partial charge in [0.1, 0.15) is 5.75 Å². The predicted molar refractivity (Wildman–Crippen MR) is 111 cm³/mol. The average Bonchev–Trinajstić information content (AvgIpc) is 2.74. The number of hydrogen-bond donors (Lipinski definition) is 1. The lowest BCUT2D eigenvalue weighted by Crippen LogP contribution is -2.44. The summed E-state index contributed by atoms with van der Waals surface area (Å²) < 4.78 is 11.1. The summed E-state index contributed by atoms with van der Waals surface area (Å²) in [4.78, 5) is 14.6. The van der Waals surface area contributed by atoms with E-state index in [1.165, 1.54) is 0 Å². The second kappa shape index (κ2) is 11.1. The molecule has 1 saturated heterocycles. The first-order chi connectivity index (χ1) is 13.7. The van der Waals surface area contributed by atoms with Crippen LogP contribution in [0.1, 0.15) is 24.4 Å². The number of ether oxygens (including phenoxy) is 2. The van der Waals surface area contributed by atoms with E-state index in [1.54, 1.807) is 0 Å². The maximum absolute atomic E-state index is 12.3. The molecule has 0 spiro atoms. The van der Waals surface area contributed by atoms with Gasteiger partial charge in [0.2, 0.25) is 5.91 Å². The first-order valence-electron chi connectivity index (χ1n) is 9.75. The van der Waals surface area contributed by atoms with Crippen LogP contribution in [-0.4, -0.2) is 50.3 Å².